The maximum absolute atomic E-state index is 12.7. The van der Waals surface area contributed by atoms with E-state index in [1.807, 2.05) is 56.3 Å². The van der Waals surface area contributed by atoms with Gasteiger partial charge in [-0.05, 0) is 49.7 Å². The number of carbonyl (C=O) groups is 1. The summed E-state index contributed by atoms with van der Waals surface area (Å²) in [4.78, 5) is 21.1. The van der Waals surface area contributed by atoms with Crippen molar-refractivity contribution in [3.8, 4) is 11.5 Å². The number of ether oxygens (including phenoxy) is 2. The molecule has 1 amide bonds. The van der Waals surface area contributed by atoms with Crippen LogP contribution in [-0.4, -0.2) is 29.1 Å². The standard InChI is InChI=1S/C22H24N4O3/c1-15(2)29-20-7-5-4-6-18(20)25-21(27)19-12-13-23-22(26-19)24-14-16-8-10-17(28-3)11-9-16/h4-13,15H,14H2,1-3H3,(H,25,27)(H,23,24,26). The van der Waals surface area contributed by atoms with Gasteiger partial charge in [-0.1, -0.05) is 24.3 Å². The van der Waals surface area contributed by atoms with Crippen molar-refractivity contribution in [2.75, 3.05) is 17.7 Å². The van der Waals surface area contributed by atoms with Gasteiger partial charge in [-0.2, -0.15) is 0 Å². The van der Waals surface area contributed by atoms with Gasteiger partial charge in [0.2, 0.25) is 5.95 Å². The molecule has 0 aliphatic rings. The third kappa shape index (κ3) is 5.68. The fourth-order valence-electron chi connectivity index (χ4n) is 2.61. The zero-order chi connectivity index (χ0) is 20.6. The topological polar surface area (TPSA) is 85.4 Å². The molecule has 0 aliphatic carbocycles. The van der Waals surface area contributed by atoms with Crippen LogP contribution in [0.5, 0.6) is 11.5 Å². The van der Waals surface area contributed by atoms with Crippen LogP contribution < -0.4 is 20.1 Å². The van der Waals surface area contributed by atoms with E-state index in [0.29, 0.717) is 23.9 Å². The Kier molecular flexibility index (Phi) is 6.63. The largest absolute Gasteiger partial charge is 0.497 e. The lowest BCUT2D eigenvalue weighted by Crippen LogP contribution is -2.17. The van der Waals surface area contributed by atoms with Crippen molar-refractivity contribution in [2.24, 2.45) is 0 Å². The highest BCUT2D eigenvalue weighted by atomic mass is 16.5. The number of carbonyl (C=O) groups excluding carboxylic acids is 1. The minimum absolute atomic E-state index is 0.000796. The van der Waals surface area contributed by atoms with Crippen molar-refractivity contribution in [3.05, 3.63) is 72.1 Å². The molecule has 7 heteroatoms. The van der Waals surface area contributed by atoms with E-state index in [2.05, 4.69) is 20.6 Å². The second kappa shape index (κ2) is 9.54. The second-order valence-corrected chi connectivity index (χ2v) is 6.58. The molecule has 0 atom stereocenters. The van der Waals surface area contributed by atoms with Gasteiger partial charge in [-0.3, -0.25) is 4.79 Å². The predicted molar refractivity (Wildman–Crippen MR) is 113 cm³/mol. The number of methoxy groups -OCH3 is 1. The molecule has 0 aliphatic heterocycles. The average molecular weight is 392 g/mol. The Morgan fingerprint density at radius 1 is 1.07 bits per heavy atom. The average Bonchev–Trinajstić information content (AvgIpc) is 2.74. The third-order valence-corrected chi connectivity index (χ3v) is 4.00. The molecule has 3 aromatic rings. The van der Waals surface area contributed by atoms with Crippen LogP contribution >= 0.6 is 0 Å². The first-order valence-electron chi connectivity index (χ1n) is 9.32. The molecule has 2 N–H and O–H groups in total. The van der Waals surface area contributed by atoms with Crippen LogP contribution in [-0.2, 0) is 6.54 Å². The number of amides is 1. The minimum atomic E-state index is -0.334. The molecule has 2 aromatic carbocycles. The molecule has 1 aromatic heterocycles. The third-order valence-electron chi connectivity index (χ3n) is 4.00. The van der Waals surface area contributed by atoms with Gasteiger partial charge < -0.3 is 20.1 Å². The van der Waals surface area contributed by atoms with Gasteiger partial charge in [0.15, 0.2) is 0 Å². The van der Waals surface area contributed by atoms with Crippen LogP contribution in [0.25, 0.3) is 0 Å². The Hall–Kier alpha value is -3.61. The predicted octanol–water partition coefficient (Wildman–Crippen LogP) is 4.14. The highest BCUT2D eigenvalue weighted by molar-refractivity contribution is 6.03. The quantitative estimate of drug-likeness (QED) is 0.599. The summed E-state index contributed by atoms with van der Waals surface area (Å²) >= 11 is 0. The summed E-state index contributed by atoms with van der Waals surface area (Å²) < 4.78 is 10.9. The molecular weight excluding hydrogens is 368 g/mol. The van der Waals surface area contributed by atoms with Gasteiger partial charge in [0.25, 0.3) is 5.91 Å². The maximum atomic E-state index is 12.7. The van der Waals surface area contributed by atoms with Crippen molar-refractivity contribution >= 4 is 17.5 Å². The summed E-state index contributed by atoms with van der Waals surface area (Å²) in [6.07, 6.45) is 1.55. The Balaban J connectivity index is 1.66. The van der Waals surface area contributed by atoms with Crippen LogP contribution in [0.3, 0.4) is 0 Å². The van der Waals surface area contributed by atoms with E-state index >= 15 is 0 Å². The Bertz CT molecular complexity index is 958. The van der Waals surface area contributed by atoms with Crippen LogP contribution in [0.1, 0.15) is 29.9 Å². The molecule has 0 spiro atoms. The molecular formula is C22H24N4O3. The van der Waals surface area contributed by atoms with Gasteiger partial charge >= 0.3 is 0 Å². The number of rotatable bonds is 8. The van der Waals surface area contributed by atoms with E-state index in [1.165, 1.54) is 0 Å². The fourth-order valence-corrected chi connectivity index (χ4v) is 2.61. The summed E-state index contributed by atoms with van der Waals surface area (Å²) in [7, 11) is 1.63. The molecule has 0 bridgehead atoms. The van der Waals surface area contributed by atoms with Gasteiger partial charge in [0.05, 0.1) is 18.9 Å². The number of benzene rings is 2. The van der Waals surface area contributed by atoms with Crippen LogP contribution in [0.4, 0.5) is 11.6 Å². The van der Waals surface area contributed by atoms with Crippen molar-refractivity contribution < 1.29 is 14.3 Å². The van der Waals surface area contributed by atoms with Crippen molar-refractivity contribution in [1.82, 2.24) is 9.97 Å². The van der Waals surface area contributed by atoms with Crippen LogP contribution in [0.15, 0.2) is 60.8 Å². The lowest BCUT2D eigenvalue weighted by molar-refractivity contribution is 0.102. The highest BCUT2D eigenvalue weighted by Gasteiger charge is 2.13. The second-order valence-electron chi connectivity index (χ2n) is 6.58. The number of nitrogens with one attached hydrogen (secondary N) is 2. The summed E-state index contributed by atoms with van der Waals surface area (Å²) in [6.45, 7) is 4.40. The summed E-state index contributed by atoms with van der Waals surface area (Å²) in [5, 5.41) is 5.98. The molecule has 1 heterocycles. The lowest BCUT2D eigenvalue weighted by atomic mass is 10.2. The monoisotopic (exact) mass is 392 g/mol. The Morgan fingerprint density at radius 3 is 2.55 bits per heavy atom. The molecule has 150 valence electrons. The first-order chi connectivity index (χ1) is 14.0. The fraction of sp³-hybridized carbons (Fsp3) is 0.227. The molecule has 7 nitrogen and oxygen atoms in total. The van der Waals surface area contributed by atoms with Gasteiger partial charge in [0, 0.05) is 12.7 Å². The molecule has 0 fully saturated rings. The number of anilines is 2. The van der Waals surface area contributed by atoms with Crippen LogP contribution in [0.2, 0.25) is 0 Å². The molecule has 29 heavy (non-hydrogen) atoms. The molecule has 0 saturated carbocycles. The molecule has 0 unspecified atom stereocenters. The normalized spacial score (nSPS) is 10.5. The number of nitrogens with zero attached hydrogens (tertiary/aromatic N) is 2. The number of hydrogen-bond donors (Lipinski definition) is 2. The maximum Gasteiger partial charge on any atom is 0.274 e. The van der Waals surface area contributed by atoms with Crippen molar-refractivity contribution in [1.29, 1.82) is 0 Å². The van der Waals surface area contributed by atoms with Crippen molar-refractivity contribution in [2.45, 2.75) is 26.5 Å². The highest BCUT2D eigenvalue weighted by Crippen LogP contribution is 2.25. The molecule has 3 rings (SSSR count). The van der Waals surface area contributed by atoms with E-state index in [0.717, 1.165) is 11.3 Å². The lowest BCUT2D eigenvalue weighted by Gasteiger charge is -2.14. The van der Waals surface area contributed by atoms with Gasteiger partial charge in [-0.25, -0.2) is 9.97 Å². The van der Waals surface area contributed by atoms with Crippen molar-refractivity contribution in [3.63, 3.8) is 0 Å². The smallest absolute Gasteiger partial charge is 0.274 e. The Labute approximate surface area is 170 Å². The first-order valence-corrected chi connectivity index (χ1v) is 9.32. The van der Waals surface area contributed by atoms with E-state index in [9.17, 15) is 4.79 Å². The Morgan fingerprint density at radius 2 is 1.83 bits per heavy atom. The SMILES string of the molecule is COc1ccc(CNc2nccc(C(=O)Nc3ccccc3OC(C)C)n2)cc1. The summed E-state index contributed by atoms with van der Waals surface area (Å²) in [5.41, 5.74) is 1.90. The first kappa shape index (κ1) is 20.1. The van der Waals surface area contributed by atoms with E-state index < -0.39 is 0 Å². The van der Waals surface area contributed by atoms with Crippen LogP contribution in [0, 0.1) is 0 Å². The van der Waals surface area contributed by atoms with Gasteiger partial charge in [-0.15, -0.1) is 0 Å². The van der Waals surface area contributed by atoms with E-state index in [1.54, 1.807) is 25.4 Å². The number of hydrogen-bond acceptors (Lipinski definition) is 6. The summed E-state index contributed by atoms with van der Waals surface area (Å²) in [5.74, 6) is 1.45. The molecule has 0 saturated heterocycles. The number of para-hydroxylation sites is 2. The minimum Gasteiger partial charge on any atom is -0.497 e. The zero-order valence-corrected chi connectivity index (χ0v) is 16.7. The van der Waals surface area contributed by atoms with Gasteiger partial charge in [0.1, 0.15) is 17.2 Å². The summed E-state index contributed by atoms with van der Waals surface area (Å²) in [6, 6.07) is 16.6. The van der Waals surface area contributed by atoms with E-state index in [-0.39, 0.29) is 17.7 Å². The zero-order valence-electron chi connectivity index (χ0n) is 16.7. The van der Waals surface area contributed by atoms with E-state index in [4.69, 9.17) is 9.47 Å². The number of aromatic nitrogens is 2. The molecule has 0 radical (unpaired) electrons.